The number of hydrogen-bond donors (Lipinski definition) is 1. The number of rotatable bonds is 3. The molecule has 138 valence electrons. The van der Waals surface area contributed by atoms with Gasteiger partial charge in [0.15, 0.2) is 0 Å². The Bertz CT molecular complexity index is 808. The van der Waals surface area contributed by atoms with Gasteiger partial charge in [0.1, 0.15) is 5.82 Å². The maximum Gasteiger partial charge on any atom is 0.256 e. The summed E-state index contributed by atoms with van der Waals surface area (Å²) in [4.78, 5) is 14.4. The molecule has 1 aliphatic rings. The zero-order valence-electron chi connectivity index (χ0n) is 15.8. The Morgan fingerprint density at radius 1 is 1.08 bits per heavy atom. The number of carbonyl (C=O) groups excluding carboxylic acids is 1. The van der Waals surface area contributed by atoms with Crippen LogP contribution >= 0.6 is 0 Å². The van der Waals surface area contributed by atoms with Crippen LogP contribution in [0.4, 0.5) is 4.39 Å². The van der Waals surface area contributed by atoms with Crippen molar-refractivity contribution < 1.29 is 9.18 Å². The molecule has 2 aromatic rings. The average Bonchev–Trinajstić information content (AvgIpc) is 2.63. The molecule has 0 spiro atoms. The van der Waals surface area contributed by atoms with Crippen LogP contribution in [0, 0.1) is 25.6 Å². The van der Waals surface area contributed by atoms with Crippen LogP contribution in [0.25, 0.3) is 11.1 Å². The van der Waals surface area contributed by atoms with E-state index in [1.54, 1.807) is 11.0 Å². The first-order valence-electron chi connectivity index (χ1n) is 9.29. The van der Waals surface area contributed by atoms with Gasteiger partial charge >= 0.3 is 0 Å². The largest absolute Gasteiger partial charge is 0.339 e. The van der Waals surface area contributed by atoms with Gasteiger partial charge in [-0.25, -0.2) is 4.39 Å². The van der Waals surface area contributed by atoms with Gasteiger partial charge in [-0.3, -0.25) is 4.79 Å². The Balaban J connectivity index is 1.77. The summed E-state index contributed by atoms with van der Waals surface area (Å²) < 4.78 is 14.7. The van der Waals surface area contributed by atoms with Crippen molar-refractivity contribution >= 4 is 5.91 Å². The molecule has 3 rings (SSSR count). The lowest BCUT2D eigenvalue weighted by Crippen LogP contribution is -2.42. The molecule has 0 bridgehead atoms. The number of aryl methyl sites for hydroxylation is 2. The van der Waals surface area contributed by atoms with E-state index in [0.717, 1.165) is 24.0 Å². The maximum absolute atomic E-state index is 14.7. The highest BCUT2D eigenvalue weighted by atomic mass is 19.1. The third kappa shape index (κ3) is 3.80. The van der Waals surface area contributed by atoms with Gasteiger partial charge in [0.05, 0.1) is 5.56 Å². The predicted octanol–water partition coefficient (Wildman–Crippen LogP) is 4.31. The number of halogens is 1. The fourth-order valence-corrected chi connectivity index (χ4v) is 3.59. The van der Waals surface area contributed by atoms with Gasteiger partial charge in [0.2, 0.25) is 0 Å². The van der Waals surface area contributed by atoms with Gasteiger partial charge in [-0.1, -0.05) is 24.3 Å². The van der Waals surface area contributed by atoms with Crippen molar-refractivity contribution in [2.45, 2.75) is 39.7 Å². The molecule has 1 amide bonds. The minimum absolute atomic E-state index is 0.140. The second-order valence-corrected chi connectivity index (χ2v) is 7.48. The zero-order valence-corrected chi connectivity index (χ0v) is 15.8. The number of likely N-dealkylation sites (tertiary alicyclic amines) is 1. The summed E-state index contributed by atoms with van der Waals surface area (Å²) >= 11 is 0. The van der Waals surface area contributed by atoms with Crippen LogP contribution in [0.15, 0.2) is 36.4 Å². The number of nitrogens with two attached hydrogens (primary N) is 1. The fraction of sp³-hybridized carbons (Fsp3) is 0.409. The van der Waals surface area contributed by atoms with E-state index >= 15 is 0 Å². The van der Waals surface area contributed by atoms with Crippen molar-refractivity contribution in [1.82, 2.24) is 4.90 Å². The number of nitrogens with zero attached hydrogens (tertiary/aromatic N) is 1. The van der Waals surface area contributed by atoms with Crippen molar-refractivity contribution in [1.29, 1.82) is 0 Å². The average molecular weight is 354 g/mol. The van der Waals surface area contributed by atoms with E-state index in [2.05, 4.69) is 6.92 Å². The first kappa shape index (κ1) is 18.6. The van der Waals surface area contributed by atoms with E-state index < -0.39 is 5.82 Å². The first-order chi connectivity index (χ1) is 12.4. The van der Waals surface area contributed by atoms with E-state index in [-0.39, 0.29) is 17.5 Å². The lowest BCUT2D eigenvalue weighted by molar-refractivity contribution is 0.0676. The molecule has 1 heterocycles. The third-order valence-corrected chi connectivity index (χ3v) is 5.61. The van der Waals surface area contributed by atoms with E-state index in [1.165, 1.54) is 17.2 Å². The normalized spacial score (nSPS) is 16.6. The van der Waals surface area contributed by atoms with E-state index in [9.17, 15) is 9.18 Å². The van der Waals surface area contributed by atoms with Crippen molar-refractivity contribution in [3.63, 3.8) is 0 Å². The fourth-order valence-electron chi connectivity index (χ4n) is 3.59. The highest BCUT2D eigenvalue weighted by molar-refractivity contribution is 5.95. The summed E-state index contributed by atoms with van der Waals surface area (Å²) in [7, 11) is 0. The summed E-state index contributed by atoms with van der Waals surface area (Å²) in [6.45, 7) is 7.38. The monoisotopic (exact) mass is 354 g/mol. The summed E-state index contributed by atoms with van der Waals surface area (Å²) in [5, 5.41) is 0. The second-order valence-electron chi connectivity index (χ2n) is 7.48. The van der Waals surface area contributed by atoms with E-state index in [0.29, 0.717) is 19.0 Å². The molecular weight excluding hydrogens is 327 g/mol. The summed E-state index contributed by atoms with van der Waals surface area (Å²) in [5.74, 6) is -0.242. The highest BCUT2D eigenvalue weighted by Gasteiger charge is 2.26. The van der Waals surface area contributed by atoms with Gasteiger partial charge in [-0.15, -0.1) is 0 Å². The summed E-state index contributed by atoms with van der Waals surface area (Å²) in [5.41, 5.74) is 10.2. The Morgan fingerprint density at radius 2 is 1.69 bits per heavy atom. The maximum atomic E-state index is 14.7. The molecular formula is C22H27FN2O. The molecule has 2 N–H and O–H groups in total. The van der Waals surface area contributed by atoms with Crippen LogP contribution in [0.5, 0.6) is 0 Å². The van der Waals surface area contributed by atoms with Gasteiger partial charge in [-0.2, -0.15) is 0 Å². The van der Waals surface area contributed by atoms with Crippen LogP contribution in [0.1, 0.15) is 41.3 Å². The number of benzene rings is 2. The summed E-state index contributed by atoms with van der Waals surface area (Å²) in [6, 6.07) is 11.1. The van der Waals surface area contributed by atoms with Crippen LogP contribution in [0.3, 0.4) is 0 Å². The first-order valence-corrected chi connectivity index (χ1v) is 9.29. The van der Waals surface area contributed by atoms with Crippen molar-refractivity contribution in [3.8, 4) is 11.1 Å². The predicted molar refractivity (Wildman–Crippen MR) is 104 cm³/mol. The molecule has 0 aliphatic carbocycles. The van der Waals surface area contributed by atoms with E-state index in [4.69, 9.17) is 5.73 Å². The minimum atomic E-state index is -0.458. The molecule has 0 aromatic heterocycles. The molecule has 1 saturated heterocycles. The third-order valence-electron chi connectivity index (χ3n) is 5.61. The number of amides is 1. The molecule has 1 fully saturated rings. The molecule has 2 aromatic carbocycles. The molecule has 1 unspecified atom stereocenters. The van der Waals surface area contributed by atoms with Crippen molar-refractivity contribution in [3.05, 3.63) is 58.9 Å². The SMILES string of the molecule is Cc1ccc(-c2ccc(C(=O)N3CCC(C(C)N)CC3)c(F)c2)cc1C. The minimum Gasteiger partial charge on any atom is -0.339 e. The Morgan fingerprint density at radius 3 is 2.27 bits per heavy atom. The molecule has 0 radical (unpaired) electrons. The molecule has 1 atom stereocenters. The van der Waals surface area contributed by atoms with Gasteiger partial charge in [0.25, 0.3) is 5.91 Å². The number of hydrogen-bond acceptors (Lipinski definition) is 2. The Hall–Kier alpha value is -2.20. The molecule has 0 saturated carbocycles. The zero-order chi connectivity index (χ0) is 18.8. The lowest BCUT2D eigenvalue weighted by atomic mass is 9.90. The number of piperidine rings is 1. The standard InChI is InChI=1S/C22H27FN2O/c1-14-4-5-18(12-15(14)2)19-6-7-20(21(23)13-19)22(26)25-10-8-17(9-11-25)16(3)24/h4-7,12-13,16-17H,8-11,24H2,1-3H3. The quantitative estimate of drug-likeness (QED) is 0.893. The Labute approximate surface area is 155 Å². The van der Waals surface area contributed by atoms with Gasteiger partial charge in [-0.05, 0) is 73.9 Å². The van der Waals surface area contributed by atoms with Crippen LogP contribution < -0.4 is 5.73 Å². The Kier molecular flexibility index (Phi) is 5.42. The van der Waals surface area contributed by atoms with Crippen LogP contribution in [-0.4, -0.2) is 29.9 Å². The molecule has 4 heteroatoms. The topological polar surface area (TPSA) is 46.3 Å². The summed E-state index contributed by atoms with van der Waals surface area (Å²) in [6.07, 6.45) is 1.76. The number of carbonyl (C=O) groups is 1. The van der Waals surface area contributed by atoms with Crippen LogP contribution in [-0.2, 0) is 0 Å². The van der Waals surface area contributed by atoms with Crippen molar-refractivity contribution in [2.75, 3.05) is 13.1 Å². The molecule has 3 nitrogen and oxygen atoms in total. The lowest BCUT2D eigenvalue weighted by Gasteiger charge is -2.33. The second kappa shape index (κ2) is 7.58. The highest BCUT2D eigenvalue weighted by Crippen LogP contribution is 2.26. The van der Waals surface area contributed by atoms with E-state index in [1.807, 2.05) is 38.1 Å². The smallest absolute Gasteiger partial charge is 0.256 e. The van der Waals surface area contributed by atoms with Gasteiger partial charge in [0, 0.05) is 19.1 Å². The van der Waals surface area contributed by atoms with Crippen LogP contribution in [0.2, 0.25) is 0 Å². The molecule has 1 aliphatic heterocycles. The molecule has 26 heavy (non-hydrogen) atoms. The van der Waals surface area contributed by atoms with Gasteiger partial charge < -0.3 is 10.6 Å². The van der Waals surface area contributed by atoms with Crippen molar-refractivity contribution in [2.24, 2.45) is 11.7 Å².